The molecule has 6 heteroatoms. The summed E-state index contributed by atoms with van der Waals surface area (Å²) in [5.74, 6) is 2.24. The van der Waals surface area contributed by atoms with Gasteiger partial charge in [-0.05, 0) is 35.4 Å². The Balaban J connectivity index is 1.51. The highest BCUT2D eigenvalue weighted by Gasteiger charge is 2.31. The van der Waals surface area contributed by atoms with Gasteiger partial charge in [-0.1, -0.05) is 54.6 Å². The Labute approximate surface area is 181 Å². The van der Waals surface area contributed by atoms with Crippen molar-refractivity contribution in [2.45, 2.75) is 12.0 Å². The molecule has 1 N–H and O–H groups in total. The molecule has 0 aliphatic carbocycles. The van der Waals surface area contributed by atoms with Crippen molar-refractivity contribution in [1.82, 2.24) is 4.90 Å². The summed E-state index contributed by atoms with van der Waals surface area (Å²) in [7, 11) is 1.63. The number of methoxy groups -OCH3 is 1. The molecule has 0 unspecified atom stereocenters. The van der Waals surface area contributed by atoms with Crippen LogP contribution in [0.2, 0.25) is 0 Å². The molecule has 1 aliphatic heterocycles. The second-order valence-electron chi connectivity index (χ2n) is 6.90. The van der Waals surface area contributed by atoms with Crippen LogP contribution in [0.3, 0.4) is 0 Å². The summed E-state index contributed by atoms with van der Waals surface area (Å²) in [6.45, 7) is 1.15. The van der Waals surface area contributed by atoms with Crippen molar-refractivity contribution in [2.24, 2.45) is 0 Å². The minimum Gasteiger partial charge on any atom is -0.493 e. The third-order valence-corrected chi connectivity index (χ3v) is 6.15. The molecule has 1 saturated heterocycles. The van der Waals surface area contributed by atoms with E-state index in [0.29, 0.717) is 24.7 Å². The van der Waals surface area contributed by atoms with E-state index in [2.05, 4.69) is 5.32 Å². The van der Waals surface area contributed by atoms with Crippen LogP contribution in [0.4, 0.5) is 10.5 Å². The Morgan fingerprint density at radius 3 is 2.50 bits per heavy atom. The number of nitrogens with zero attached hydrogens (tertiary/aromatic N) is 1. The van der Waals surface area contributed by atoms with Gasteiger partial charge in [-0.15, -0.1) is 11.8 Å². The van der Waals surface area contributed by atoms with Gasteiger partial charge in [-0.2, -0.15) is 0 Å². The Morgan fingerprint density at radius 1 is 1.03 bits per heavy atom. The molecular formula is C24H24N2O3S. The fourth-order valence-corrected chi connectivity index (χ4v) is 4.61. The van der Waals surface area contributed by atoms with Crippen molar-refractivity contribution >= 4 is 23.5 Å². The van der Waals surface area contributed by atoms with Gasteiger partial charge >= 0.3 is 6.03 Å². The number of anilines is 1. The van der Waals surface area contributed by atoms with E-state index in [-0.39, 0.29) is 11.4 Å². The zero-order valence-electron chi connectivity index (χ0n) is 16.8. The molecule has 5 nitrogen and oxygen atoms in total. The maximum atomic E-state index is 12.9. The third-order valence-electron chi connectivity index (χ3n) is 4.89. The maximum absolute atomic E-state index is 12.9. The second-order valence-corrected chi connectivity index (χ2v) is 8.09. The molecule has 0 bridgehead atoms. The zero-order valence-corrected chi connectivity index (χ0v) is 17.6. The Hall–Kier alpha value is -3.12. The SMILES string of the molecule is COc1ccc([C@H]2SCCN2C(=O)Nc2ccccc2)cc1OCc1ccccc1. The molecule has 3 aromatic carbocycles. The molecule has 0 spiro atoms. The van der Waals surface area contributed by atoms with Crippen molar-refractivity contribution in [2.75, 3.05) is 24.7 Å². The standard InChI is InChI=1S/C24H24N2O3S/c1-28-21-13-12-19(16-22(21)29-17-18-8-4-2-5-9-18)23-26(14-15-30-23)24(27)25-20-10-6-3-7-11-20/h2-13,16,23H,14-15,17H2,1H3,(H,25,27)/t23-/m1/s1. The average molecular weight is 421 g/mol. The highest BCUT2D eigenvalue weighted by atomic mass is 32.2. The van der Waals surface area contributed by atoms with E-state index in [4.69, 9.17) is 9.47 Å². The quantitative estimate of drug-likeness (QED) is 0.568. The van der Waals surface area contributed by atoms with Gasteiger partial charge in [0.05, 0.1) is 7.11 Å². The molecule has 154 valence electrons. The number of para-hydroxylation sites is 1. The lowest BCUT2D eigenvalue weighted by atomic mass is 10.1. The first kappa shape index (κ1) is 20.2. The molecule has 3 aromatic rings. The number of rotatable bonds is 6. The first-order valence-electron chi connectivity index (χ1n) is 9.83. The Morgan fingerprint density at radius 2 is 1.77 bits per heavy atom. The number of hydrogen-bond acceptors (Lipinski definition) is 4. The van der Waals surface area contributed by atoms with E-state index in [1.165, 1.54) is 0 Å². The van der Waals surface area contributed by atoms with Gasteiger partial charge in [0.25, 0.3) is 0 Å². The van der Waals surface area contributed by atoms with Gasteiger partial charge in [0.15, 0.2) is 11.5 Å². The van der Waals surface area contributed by atoms with Crippen molar-refractivity contribution in [1.29, 1.82) is 0 Å². The lowest BCUT2D eigenvalue weighted by Crippen LogP contribution is -2.34. The van der Waals surface area contributed by atoms with Crippen molar-refractivity contribution in [3.63, 3.8) is 0 Å². The lowest BCUT2D eigenvalue weighted by Gasteiger charge is -2.25. The molecule has 1 fully saturated rings. The zero-order chi connectivity index (χ0) is 20.8. The predicted octanol–water partition coefficient (Wildman–Crippen LogP) is 5.55. The van der Waals surface area contributed by atoms with Crippen molar-refractivity contribution in [3.05, 3.63) is 90.0 Å². The van der Waals surface area contributed by atoms with Crippen LogP contribution in [0.15, 0.2) is 78.9 Å². The molecule has 0 saturated carbocycles. The number of carbonyl (C=O) groups is 1. The number of hydrogen-bond donors (Lipinski definition) is 1. The molecule has 0 radical (unpaired) electrons. The fourth-order valence-electron chi connectivity index (χ4n) is 3.37. The van der Waals surface area contributed by atoms with Gasteiger partial charge in [-0.3, -0.25) is 0 Å². The summed E-state index contributed by atoms with van der Waals surface area (Å²) in [6.07, 6.45) is 0. The van der Waals surface area contributed by atoms with Crippen LogP contribution in [0.25, 0.3) is 0 Å². The van der Waals surface area contributed by atoms with Gasteiger partial charge in [0.2, 0.25) is 0 Å². The van der Waals surface area contributed by atoms with E-state index in [9.17, 15) is 4.79 Å². The largest absolute Gasteiger partial charge is 0.493 e. The molecule has 1 atom stereocenters. The summed E-state index contributed by atoms with van der Waals surface area (Å²) in [5.41, 5.74) is 2.90. The molecule has 2 amide bonds. The number of ether oxygens (including phenoxy) is 2. The van der Waals surface area contributed by atoms with E-state index in [1.54, 1.807) is 18.9 Å². The maximum Gasteiger partial charge on any atom is 0.323 e. The van der Waals surface area contributed by atoms with Gasteiger partial charge in [-0.25, -0.2) is 4.79 Å². The van der Waals surface area contributed by atoms with Crippen LogP contribution in [-0.2, 0) is 6.61 Å². The normalized spacial score (nSPS) is 15.6. The molecular weight excluding hydrogens is 396 g/mol. The number of amides is 2. The topological polar surface area (TPSA) is 50.8 Å². The van der Waals surface area contributed by atoms with Crippen LogP contribution < -0.4 is 14.8 Å². The minimum absolute atomic E-state index is 0.0707. The average Bonchev–Trinajstić information content (AvgIpc) is 3.29. The van der Waals surface area contributed by atoms with Crippen molar-refractivity contribution in [3.8, 4) is 11.5 Å². The summed E-state index contributed by atoms with van der Waals surface area (Å²) >= 11 is 1.75. The van der Waals surface area contributed by atoms with Gasteiger partial charge < -0.3 is 19.7 Å². The summed E-state index contributed by atoms with van der Waals surface area (Å²) in [5, 5.41) is 2.91. The van der Waals surface area contributed by atoms with E-state index >= 15 is 0 Å². The molecule has 0 aromatic heterocycles. The monoisotopic (exact) mass is 420 g/mol. The minimum atomic E-state index is -0.0984. The fraction of sp³-hybridized carbons (Fsp3) is 0.208. The van der Waals surface area contributed by atoms with Crippen LogP contribution in [-0.4, -0.2) is 30.3 Å². The predicted molar refractivity (Wildman–Crippen MR) is 121 cm³/mol. The van der Waals surface area contributed by atoms with Gasteiger partial charge in [0.1, 0.15) is 12.0 Å². The lowest BCUT2D eigenvalue weighted by molar-refractivity contribution is 0.214. The number of urea groups is 1. The number of thioether (sulfide) groups is 1. The molecule has 1 aliphatic rings. The van der Waals surface area contributed by atoms with Crippen LogP contribution in [0.1, 0.15) is 16.5 Å². The molecule has 4 rings (SSSR count). The Kier molecular flexibility index (Phi) is 6.44. The number of nitrogens with one attached hydrogen (secondary N) is 1. The second kappa shape index (κ2) is 9.59. The smallest absolute Gasteiger partial charge is 0.323 e. The van der Waals surface area contributed by atoms with E-state index in [1.807, 2.05) is 83.8 Å². The highest BCUT2D eigenvalue weighted by Crippen LogP contribution is 2.41. The summed E-state index contributed by atoms with van der Waals surface area (Å²) in [6, 6.07) is 25.3. The Bertz CT molecular complexity index is 982. The number of carbonyl (C=O) groups excluding carboxylic acids is 1. The molecule has 1 heterocycles. The van der Waals surface area contributed by atoms with Crippen LogP contribution in [0.5, 0.6) is 11.5 Å². The summed E-state index contributed by atoms with van der Waals surface area (Å²) < 4.78 is 11.5. The van der Waals surface area contributed by atoms with Crippen molar-refractivity contribution < 1.29 is 14.3 Å². The molecule has 30 heavy (non-hydrogen) atoms. The first-order chi connectivity index (χ1) is 14.7. The van der Waals surface area contributed by atoms with Crippen LogP contribution in [0, 0.1) is 0 Å². The first-order valence-corrected chi connectivity index (χ1v) is 10.9. The number of benzene rings is 3. The highest BCUT2D eigenvalue weighted by molar-refractivity contribution is 7.99. The van der Waals surface area contributed by atoms with E-state index in [0.717, 1.165) is 22.6 Å². The third kappa shape index (κ3) is 4.71. The summed E-state index contributed by atoms with van der Waals surface area (Å²) in [4.78, 5) is 14.7. The van der Waals surface area contributed by atoms with Gasteiger partial charge in [0, 0.05) is 18.0 Å². The van der Waals surface area contributed by atoms with E-state index < -0.39 is 0 Å². The van der Waals surface area contributed by atoms with Crippen LogP contribution >= 0.6 is 11.8 Å².